The van der Waals surface area contributed by atoms with Crippen molar-refractivity contribution in [3.05, 3.63) is 100 Å². The molecule has 0 fully saturated rings. The van der Waals surface area contributed by atoms with Crippen LogP contribution in [0.4, 0.5) is 11.4 Å². The minimum Gasteiger partial charge on any atom is -0.494 e. The number of hydrogen-bond acceptors (Lipinski definition) is 5. The highest BCUT2D eigenvalue weighted by molar-refractivity contribution is 6.53. The van der Waals surface area contributed by atoms with E-state index in [1.807, 2.05) is 30.0 Å². The summed E-state index contributed by atoms with van der Waals surface area (Å²) in [5.74, 6) is -0.652. The van der Waals surface area contributed by atoms with Crippen LogP contribution in [0, 0.1) is 0 Å². The molecule has 2 aliphatic rings. The second-order valence-corrected chi connectivity index (χ2v) is 8.89. The standard InChI is InChI=1S/C28H24ClN3O4/c1-2-36-23-12-10-22(11-13-23)32-27(34)24(29)25(28(32)35)30-21-9-5-8-19(16-21)26(33)31-15-14-18-6-3-4-7-20(18)17-31/h3-13,16,30H,2,14-15,17H2,1H3. The van der Waals surface area contributed by atoms with Gasteiger partial charge in [0.15, 0.2) is 0 Å². The van der Waals surface area contributed by atoms with Crippen molar-refractivity contribution in [1.29, 1.82) is 0 Å². The van der Waals surface area contributed by atoms with E-state index in [1.54, 1.807) is 48.5 Å². The molecule has 0 aromatic heterocycles. The van der Waals surface area contributed by atoms with E-state index in [1.165, 1.54) is 5.56 Å². The maximum Gasteiger partial charge on any atom is 0.283 e. The molecule has 182 valence electrons. The Labute approximate surface area is 213 Å². The molecule has 1 N–H and O–H groups in total. The summed E-state index contributed by atoms with van der Waals surface area (Å²) >= 11 is 6.28. The third kappa shape index (κ3) is 4.45. The zero-order valence-electron chi connectivity index (χ0n) is 19.7. The molecule has 2 aliphatic heterocycles. The molecule has 0 spiro atoms. The lowest BCUT2D eigenvalue weighted by atomic mass is 9.99. The van der Waals surface area contributed by atoms with Gasteiger partial charge in [-0.15, -0.1) is 0 Å². The highest BCUT2D eigenvalue weighted by Crippen LogP contribution is 2.31. The highest BCUT2D eigenvalue weighted by atomic mass is 35.5. The number of halogens is 1. The molecule has 0 atom stereocenters. The van der Waals surface area contributed by atoms with Gasteiger partial charge in [-0.1, -0.05) is 41.9 Å². The lowest BCUT2D eigenvalue weighted by molar-refractivity contribution is -0.120. The monoisotopic (exact) mass is 501 g/mol. The van der Waals surface area contributed by atoms with Gasteiger partial charge in [0.1, 0.15) is 16.5 Å². The van der Waals surface area contributed by atoms with E-state index in [0.717, 1.165) is 16.9 Å². The number of nitrogens with one attached hydrogen (secondary N) is 1. The number of carbonyl (C=O) groups is 3. The smallest absolute Gasteiger partial charge is 0.283 e. The van der Waals surface area contributed by atoms with E-state index in [9.17, 15) is 14.4 Å². The van der Waals surface area contributed by atoms with E-state index in [0.29, 0.717) is 42.4 Å². The molecule has 0 unspecified atom stereocenters. The Bertz CT molecular complexity index is 1380. The number of amides is 3. The number of hydrogen-bond donors (Lipinski definition) is 1. The Kier molecular flexibility index (Phi) is 6.48. The Morgan fingerprint density at radius 3 is 2.47 bits per heavy atom. The molecule has 0 bridgehead atoms. The summed E-state index contributed by atoms with van der Waals surface area (Å²) < 4.78 is 5.42. The van der Waals surface area contributed by atoms with Gasteiger partial charge >= 0.3 is 0 Å². The molecule has 8 heteroatoms. The van der Waals surface area contributed by atoms with Gasteiger partial charge in [0.25, 0.3) is 17.7 Å². The average Bonchev–Trinajstić information content (AvgIpc) is 3.11. The number of benzene rings is 3. The Morgan fingerprint density at radius 2 is 1.72 bits per heavy atom. The van der Waals surface area contributed by atoms with E-state index < -0.39 is 11.8 Å². The number of imide groups is 1. The van der Waals surface area contributed by atoms with Crippen molar-refractivity contribution in [3.63, 3.8) is 0 Å². The molecule has 0 radical (unpaired) electrons. The Balaban J connectivity index is 1.32. The minimum absolute atomic E-state index is 0.0351. The molecular weight excluding hydrogens is 478 g/mol. The van der Waals surface area contributed by atoms with Gasteiger partial charge in [-0.2, -0.15) is 0 Å². The molecule has 36 heavy (non-hydrogen) atoms. The number of nitrogens with zero attached hydrogens (tertiary/aromatic N) is 2. The second-order valence-electron chi connectivity index (χ2n) is 8.51. The van der Waals surface area contributed by atoms with Gasteiger partial charge < -0.3 is 15.0 Å². The van der Waals surface area contributed by atoms with Gasteiger partial charge in [-0.25, -0.2) is 4.90 Å². The van der Waals surface area contributed by atoms with Crippen molar-refractivity contribution in [2.75, 3.05) is 23.4 Å². The van der Waals surface area contributed by atoms with E-state index in [-0.39, 0.29) is 16.6 Å². The molecule has 2 heterocycles. The van der Waals surface area contributed by atoms with Gasteiger partial charge in [0.2, 0.25) is 0 Å². The predicted molar refractivity (Wildman–Crippen MR) is 138 cm³/mol. The first-order valence-electron chi connectivity index (χ1n) is 11.7. The largest absolute Gasteiger partial charge is 0.494 e. The lowest BCUT2D eigenvalue weighted by Gasteiger charge is -2.29. The van der Waals surface area contributed by atoms with Crippen LogP contribution in [0.15, 0.2) is 83.5 Å². The quantitative estimate of drug-likeness (QED) is 0.494. The predicted octanol–water partition coefficient (Wildman–Crippen LogP) is 4.72. The fourth-order valence-electron chi connectivity index (χ4n) is 4.43. The van der Waals surface area contributed by atoms with Gasteiger partial charge in [-0.3, -0.25) is 14.4 Å². The number of rotatable bonds is 6. The molecule has 0 saturated carbocycles. The summed E-state index contributed by atoms with van der Waals surface area (Å²) in [6.45, 7) is 3.56. The first-order valence-corrected chi connectivity index (χ1v) is 12.1. The van der Waals surface area contributed by atoms with Crippen molar-refractivity contribution in [3.8, 4) is 5.75 Å². The summed E-state index contributed by atoms with van der Waals surface area (Å²) in [7, 11) is 0. The van der Waals surface area contributed by atoms with E-state index in [2.05, 4.69) is 11.4 Å². The third-order valence-electron chi connectivity index (χ3n) is 6.23. The lowest BCUT2D eigenvalue weighted by Crippen LogP contribution is -2.36. The molecule has 3 aromatic carbocycles. The first-order chi connectivity index (χ1) is 17.5. The van der Waals surface area contributed by atoms with Crippen molar-refractivity contribution >= 4 is 40.7 Å². The van der Waals surface area contributed by atoms with Crippen LogP contribution >= 0.6 is 11.6 Å². The van der Waals surface area contributed by atoms with Crippen LogP contribution in [0.1, 0.15) is 28.4 Å². The van der Waals surface area contributed by atoms with Crippen molar-refractivity contribution in [1.82, 2.24) is 4.90 Å². The van der Waals surface area contributed by atoms with E-state index >= 15 is 0 Å². The molecule has 3 amide bonds. The summed E-state index contributed by atoms with van der Waals surface area (Å²) in [5.41, 5.74) is 3.73. The summed E-state index contributed by atoms with van der Waals surface area (Å²) in [4.78, 5) is 41.9. The summed E-state index contributed by atoms with van der Waals surface area (Å²) in [6.07, 6.45) is 0.806. The molecular formula is C28H24ClN3O4. The maximum absolute atomic E-state index is 13.2. The first kappa shape index (κ1) is 23.6. The number of anilines is 2. The molecule has 3 aromatic rings. The average molecular weight is 502 g/mol. The zero-order chi connectivity index (χ0) is 25.2. The van der Waals surface area contributed by atoms with Crippen LogP contribution in [0.25, 0.3) is 0 Å². The second kappa shape index (κ2) is 9.87. The van der Waals surface area contributed by atoms with Crippen LogP contribution in [-0.2, 0) is 22.6 Å². The van der Waals surface area contributed by atoms with Crippen molar-refractivity contribution in [2.24, 2.45) is 0 Å². The highest BCUT2D eigenvalue weighted by Gasteiger charge is 2.39. The number of fused-ring (bicyclic) bond motifs is 1. The molecule has 0 aliphatic carbocycles. The fourth-order valence-corrected chi connectivity index (χ4v) is 4.64. The number of ether oxygens (including phenoxy) is 1. The SMILES string of the molecule is CCOc1ccc(N2C(=O)C(Cl)=C(Nc3cccc(C(=O)N4CCc5ccccc5C4)c3)C2=O)cc1. The van der Waals surface area contributed by atoms with Crippen molar-refractivity contribution in [2.45, 2.75) is 19.9 Å². The summed E-state index contributed by atoms with van der Waals surface area (Å²) in [5, 5.41) is 2.75. The zero-order valence-corrected chi connectivity index (χ0v) is 20.4. The fraction of sp³-hybridized carbons (Fsp3) is 0.179. The topological polar surface area (TPSA) is 79.0 Å². The van der Waals surface area contributed by atoms with Gasteiger partial charge in [0.05, 0.1) is 12.3 Å². The molecule has 5 rings (SSSR count). The van der Waals surface area contributed by atoms with Gasteiger partial charge in [0, 0.05) is 24.3 Å². The van der Waals surface area contributed by atoms with Crippen LogP contribution in [-0.4, -0.2) is 35.8 Å². The van der Waals surface area contributed by atoms with Crippen molar-refractivity contribution < 1.29 is 19.1 Å². The Morgan fingerprint density at radius 1 is 0.972 bits per heavy atom. The minimum atomic E-state index is -0.618. The van der Waals surface area contributed by atoms with Crippen LogP contribution in [0.2, 0.25) is 0 Å². The molecule has 7 nitrogen and oxygen atoms in total. The molecule has 0 saturated heterocycles. The van der Waals surface area contributed by atoms with Gasteiger partial charge in [-0.05, 0) is 66.9 Å². The summed E-state index contributed by atoms with van der Waals surface area (Å²) in [6, 6.07) is 21.6. The normalized spacial score (nSPS) is 15.3. The van der Waals surface area contributed by atoms with E-state index in [4.69, 9.17) is 16.3 Å². The van der Waals surface area contributed by atoms with Crippen LogP contribution in [0.3, 0.4) is 0 Å². The third-order valence-corrected chi connectivity index (χ3v) is 6.58. The Hall–Kier alpha value is -4.10. The maximum atomic E-state index is 13.2. The van der Waals surface area contributed by atoms with Crippen LogP contribution < -0.4 is 15.0 Å². The number of carbonyl (C=O) groups excluding carboxylic acids is 3. The van der Waals surface area contributed by atoms with Crippen LogP contribution in [0.5, 0.6) is 5.75 Å².